The number of hydrogen-bond acceptors (Lipinski definition) is 4. The van der Waals surface area contributed by atoms with Crippen molar-refractivity contribution in [3.63, 3.8) is 0 Å². The van der Waals surface area contributed by atoms with Crippen LogP contribution in [0.15, 0.2) is 71.1 Å². The van der Waals surface area contributed by atoms with E-state index in [2.05, 4.69) is 56.6 Å². The highest BCUT2D eigenvalue weighted by Gasteiger charge is 2.23. The SMILES string of the molecule is COCCCCC#C/C(=C\C#CCSc1ccccc1)C(OC(C)(C)C)c1ccc(OC)cc1. The lowest BCUT2D eigenvalue weighted by atomic mass is 9.99. The van der Waals surface area contributed by atoms with Gasteiger partial charge in [0.1, 0.15) is 11.9 Å². The van der Waals surface area contributed by atoms with E-state index in [9.17, 15) is 0 Å². The number of rotatable bonds is 10. The van der Waals surface area contributed by atoms with Gasteiger partial charge in [0.25, 0.3) is 0 Å². The molecule has 0 aliphatic carbocycles. The van der Waals surface area contributed by atoms with E-state index in [1.54, 1.807) is 26.0 Å². The lowest BCUT2D eigenvalue weighted by molar-refractivity contribution is -0.0428. The molecular formula is C30H36O3S. The van der Waals surface area contributed by atoms with Crippen LogP contribution in [0.5, 0.6) is 5.75 Å². The van der Waals surface area contributed by atoms with Gasteiger partial charge in [-0.25, -0.2) is 0 Å². The number of unbranched alkanes of at least 4 members (excludes halogenated alkanes) is 2. The van der Waals surface area contributed by atoms with Crippen LogP contribution < -0.4 is 4.74 Å². The average molecular weight is 477 g/mol. The minimum atomic E-state index is -0.347. The molecule has 0 amide bonds. The molecule has 0 spiro atoms. The number of allylic oxidation sites excluding steroid dienone is 1. The second-order valence-corrected chi connectivity index (χ2v) is 9.71. The van der Waals surface area contributed by atoms with Crippen molar-refractivity contribution in [3.8, 4) is 29.4 Å². The highest BCUT2D eigenvalue weighted by Crippen LogP contribution is 2.31. The first-order chi connectivity index (χ1) is 16.4. The van der Waals surface area contributed by atoms with Crippen molar-refractivity contribution in [1.82, 2.24) is 0 Å². The monoisotopic (exact) mass is 476 g/mol. The Labute approximate surface area is 210 Å². The third-order valence-electron chi connectivity index (χ3n) is 4.69. The molecule has 0 fully saturated rings. The predicted molar refractivity (Wildman–Crippen MR) is 143 cm³/mol. The first kappa shape index (κ1) is 27.6. The zero-order valence-corrected chi connectivity index (χ0v) is 21.8. The van der Waals surface area contributed by atoms with E-state index >= 15 is 0 Å². The molecule has 1 unspecified atom stereocenters. The molecule has 0 saturated heterocycles. The summed E-state index contributed by atoms with van der Waals surface area (Å²) in [5, 5.41) is 0. The summed E-state index contributed by atoms with van der Waals surface area (Å²) in [4.78, 5) is 1.21. The van der Waals surface area contributed by atoms with Gasteiger partial charge >= 0.3 is 0 Å². The van der Waals surface area contributed by atoms with Crippen LogP contribution in [0.3, 0.4) is 0 Å². The third kappa shape index (κ3) is 11.0. The van der Waals surface area contributed by atoms with Crippen LogP contribution in [0.25, 0.3) is 0 Å². The van der Waals surface area contributed by atoms with Crippen molar-refractivity contribution in [2.75, 3.05) is 26.6 Å². The molecule has 180 valence electrons. The summed E-state index contributed by atoms with van der Waals surface area (Å²) >= 11 is 1.72. The Morgan fingerprint density at radius 2 is 1.71 bits per heavy atom. The first-order valence-corrected chi connectivity index (χ1v) is 12.6. The van der Waals surface area contributed by atoms with Crippen LogP contribution in [0.4, 0.5) is 0 Å². The summed E-state index contributed by atoms with van der Waals surface area (Å²) in [5.74, 6) is 14.7. The molecule has 2 rings (SSSR count). The van der Waals surface area contributed by atoms with Gasteiger partial charge in [-0.15, -0.1) is 11.8 Å². The average Bonchev–Trinajstić information content (AvgIpc) is 2.83. The van der Waals surface area contributed by atoms with Gasteiger partial charge in [-0.2, -0.15) is 0 Å². The van der Waals surface area contributed by atoms with Gasteiger partial charge in [0.2, 0.25) is 0 Å². The fourth-order valence-corrected chi connectivity index (χ4v) is 3.72. The molecule has 0 saturated carbocycles. The van der Waals surface area contributed by atoms with Crippen molar-refractivity contribution >= 4 is 11.8 Å². The molecule has 0 bridgehead atoms. The molecule has 0 aromatic heterocycles. The maximum absolute atomic E-state index is 6.48. The minimum absolute atomic E-state index is 0.312. The molecule has 1 atom stereocenters. The normalized spacial score (nSPS) is 12.2. The van der Waals surface area contributed by atoms with Crippen molar-refractivity contribution in [2.45, 2.75) is 56.6 Å². The Kier molecular flexibility index (Phi) is 12.4. The minimum Gasteiger partial charge on any atom is -0.497 e. The molecule has 0 radical (unpaired) electrons. The molecule has 0 N–H and O–H groups in total. The highest BCUT2D eigenvalue weighted by atomic mass is 32.2. The molecule has 2 aromatic rings. The van der Waals surface area contributed by atoms with Gasteiger partial charge in [0.15, 0.2) is 0 Å². The second kappa shape index (κ2) is 15.3. The maximum atomic E-state index is 6.48. The summed E-state index contributed by atoms with van der Waals surface area (Å²) in [5.41, 5.74) is 1.54. The van der Waals surface area contributed by atoms with Crippen molar-refractivity contribution in [3.05, 3.63) is 71.8 Å². The van der Waals surface area contributed by atoms with Crippen LogP contribution in [0.2, 0.25) is 0 Å². The van der Waals surface area contributed by atoms with E-state index < -0.39 is 0 Å². The summed E-state index contributed by atoms with van der Waals surface area (Å²) in [6.07, 6.45) is 4.41. The Bertz CT molecular complexity index is 997. The summed E-state index contributed by atoms with van der Waals surface area (Å²) in [6.45, 7) is 6.93. The lowest BCUT2D eigenvalue weighted by Gasteiger charge is -2.28. The molecule has 0 aliphatic rings. The Hall–Kier alpha value is -2.63. The molecule has 0 heterocycles. The second-order valence-electron chi connectivity index (χ2n) is 8.66. The predicted octanol–water partition coefficient (Wildman–Crippen LogP) is 7.09. The van der Waals surface area contributed by atoms with Gasteiger partial charge in [-0.3, -0.25) is 0 Å². The van der Waals surface area contributed by atoms with Crippen LogP contribution in [-0.4, -0.2) is 32.2 Å². The van der Waals surface area contributed by atoms with Gasteiger partial charge in [0, 0.05) is 36.7 Å². The topological polar surface area (TPSA) is 27.7 Å². The van der Waals surface area contributed by atoms with Gasteiger partial charge < -0.3 is 14.2 Å². The van der Waals surface area contributed by atoms with Crippen LogP contribution in [0, 0.1) is 23.7 Å². The van der Waals surface area contributed by atoms with Crippen molar-refractivity contribution < 1.29 is 14.2 Å². The largest absolute Gasteiger partial charge is 0.497 e. The maximum Gasteiger partial charge on any atom is 0.118 e. The smallest absolute Gasteiger partial charge is 0.118 e. The quantitative estimate of drug-likeness (QED) is 0.208. The highest BCUT2D eigenvalue weighted by molar-refractivity contribution is 7.99. The summed E-state index contributed by atoms with van der Waals surface area (Å²) in [6, 6.07) is 18.3. The Balaban J connectivity index is 2.27. The Morgan fingerprint density at radius 3 is 2.35 bits per heavy atom. The summed E-state index contributed by atoms with van der Waals surface area (Å²) in [7, 11) is 3.39. The van der Waals surface area contributed by atoms with Crippen molar-refractivity contribution in [2.24, 2.45) is 0 Å². The number of ether oxygens (including phenoxy) is 3. The number of thioether (sulfide) groups is 1. The fourth-order valence-electron chi connectivity index (χ4n) is 3.05. The van der Waals surface area contributed by atoms with E-state index in [-0.39, 0.29) is 11.7 Å². The lowest BCUT2D eigenvalue weighted by Crippen LogP contribution is -2.23. The first-order valence-electron chi connectivity index (χ1n) is 11.6. The molecule has 4 heteroatoms. The molecular weight excluding hydrogens is 440 g/mol. The van der Waals surface area contributed by atoms with Crippen LogP contribution >= 0.6 is 11.8 Å². The van der Waals surface area contributed by atoms with E-state index in [0.29, 0.717) is 5.75 Å². The van der Waals surface area contributed by atoms with Crippen molar-refractivity contribution in [1.29, 1.82) is 0 Å². The Morgan fingerprint density at radius 1 is 0.971 bits per heavy atom. The summed E-state index contributed by atoms with van der Waals surface area (Å²) < 4.78 is 16.9. The fraction of sp³-hybridized carbons (Fsp3) is 0.400. The van der Waals surface area contributed by atoms with E-state index in [1.807, 2.05) is 48.5 Å². The molecule has 0 aliphatic heterocycles. The van der Waals surface area contributed by atoms with E-state index in [4.69, 9.17) is 14.2 Å². The molecule has 34 heavy (non-hydrogen) atoms. The number of hydrogen-bond donors (Lipinski definition) is 0. The number of benzene rings is 2. The molecule has 2 aromatic carbocycles. The van der Waals surface area contributed by atoms with Crippen LogP contribution in [0.1, 0.15) is 51.7 Å². The molecule has 3 nitrogen and oxygen atoms in total. The third-order valence-corrected chi connectivity index (χ3v) is 5.58. The number of methoxy groups -OCH3 is 2. The van der Waals surface area contributed by atoms with Gasteiger partial charge in [-0.1, -0.05) is 54.0 Å². The zero-order chi connectivity index (χ0) is 24.7. The van der Waals surface area contributed by atoms with E-state index in [0.717, 1.165) is 42.8 Å². The zero-order valence-electron chi connectivity index (χ0n) is 21.0. The van der Waals surface area contributed by atoms with Gasteiger partial charge in [0.05, 0.1) is 18.5 Å². The standard InChI is InChI=1S/C30H36O3S/c1-30(2,3)33-29(26-19-21-27(32-5)22-20-26)25(15-9-6-7-13-23-31-4)16-12-14-24-34-28-17-10-8-11-18-28/h8,10-11,16-22,29H,6-7,13,23-24H2,1-5H3/b25-16+. The van der Waals surface area contributed by atoms with Gasteiger partial charge in [-0.05, 0) is 63.4 Å². The van der Waals surface area contributed by atoms with E-state index in [1.165, 1.54) is 4.90 Å². The van der Waals surface area contributed by atoms with Crippen LogP contribution in [-0.2, 0) is 9.47 Å².